The van der Waals surface area contributed by atoms with Gasteiger partial charge in [-0.3, -0.25) is 0 Å². The molecule has 1 aromatic rings. The predicted octanol–water partition coefficient (Wildman–Crippen LogP) is 3.72. The summed E-state index contributed by atoms with van der Waals surface area (Å²) in [5.74, 6) is 0.780. The van der Waals surface area contributed by atoms with Crippen LogP contribution in [0.2, 0.25) is 5.02 Å². The van der Waals surface area contributed by atoms with Gasteiger partial charge in [-0.25, -0.2) is 0 Å². The Morgan fingerprint density at radius 3 is 2.87 bits per heavy atom. The standard InChI is InChI=1S/C13H18ClN/c1-2-7-15-9-11-5-6-12(14)8-13(11)10-3-4-10/h5-6,8,10,15H,2-4,7,9H2,1H3. The van der Waals surface area contributed by atoms with Crippen LogP contribution in [0.3, 0.4) is 0 Å². The van der Waals surface area contributed by atoms with Crippen molar-refractivity contribution in [3.8, 4) is 0 Å². The number of nitrogens with one attached hydrogen (secondary N) is 1. The third-order valence-corrected chi connectivity index (χ3v) is 3.10. The highest BCUT2D eigenvalue weighted by Crippen LogP contribution is 2.42. The average Bonchev–Trinajstić information content (AvgIpc) is 3.04. The van der Waals surface area contributed by atoms with Crippen molar-refractivity contribution in [1.82, 2.24) is 5.32 Å². The van der Waals surface area contributed by atoms with Gasteiger partial charge in [-0.2, -0.15) is 0 Å². The van der Waals surface area contributed by atoms with E-state index in [1.807, 2.05) is 6.07 Å². The van der Waals surface area contributed by atoms with Gasteiger partial charge >= 0.3 is 0 Å². The Morgan fingerprint density at radius 2 is 2.20 bits per heavy atom. The Kier molecular flexibility index (Phi) is 3.66. The molecule has 1 N–H and O–H groups in total. The van der Waals surface area contributed by atoms with Crippen molar-refractivity contribution >= 4 is 11.6 Å². The van der Waals surface area contributed by atoms with Crippen LogP contribution in [0.25, 0.3) is 0 Å². The highest BCUT2D eigenvalue weighted by atomic mass is 35.5. The molecule has 0 radical (unpaired) electrons. The topological polar surface area (TPSA) is 12.0 Å². The van der Waals surface area contributed by atoms with E-state index in [1.54, 1.807) is 0 Å². The fourth-order valence-corrected chi connectivity index (χ4v) is 2.08. The molecule has 0 atom stereocenters. The SMILES string of the molecule is CCCNCc1ccc(Cl)cc1C1CC1. The van der Waals surface area contributed by atoms with E-state index >= 15 is 0 Å². The van der Waals surface area contributed by atoms with Gasteiger partial charge in [0.05, 0.1) is 0 Å². The molecule has 1 fully saturated rings. The van der Waals surface area contributed by atoms with E-state index < -0.39 is 0 Å². The maximum Gasteiger partial charge on any atom is 0.0409 e. The molecule has 0 bridgehead atoms. The molecule has 0 aliphatic heterocycles. The summed E-state index contributed by atoms with van der Waals surface area (Å²) in [5, 5.41) is 4.32. The molecule has 0 aromatic heterocycles. The molecule has 1 aliphatic rings. The van der Waals surface area contributed by atoms with Crippen molar-refractivity contribution in [1.29, 1.82) is 0 Å². The van der Waals surface area contributed by atoms with E-state index in [4.69, 9.17) is 11.6 Å². The fraction of sp³-hybridized carbons (Fsp3) is 0.538. The first-order valence-corrected chi connectivity index (χ1v) is 6.18. The van der Waals surface area contributed by atoms with E-state index in [9.17, 15) is 0 Å². The van der Waals surface area contributed by atoms with Crippen molar-refractivity contribution in [2.75, 3.05) is 6.54 Å². The summed E-state index contributed by atoms with van der Waals surface area (Å²) in [6, 6.07) is 6.30. The molecule has 1 aromatic carbocycles. The normalized spacial score (nSPS) is 15.6. The molecule has 82 valence electrons. The van der Waals surface area contributed by atoms with Gasteiger partial charge < -0.3 is 5.32 Å². The van der Waals surface area contributed by atoms with Gasteiger partial charge in [0.2, 0.25) is 0 Å². The number of benzene rings is 1. The first-order chi connectivity index (χ1) is 7.31. The van der Waals surface area contributed by atoms with Gasteiger partial charge in [-0.1, -0.05) is 24.6 Å². The summed E-state index contributed by atoms with van der Waals surface area (Å²) in [5.41, 5.74) is 2.89. The highest BCUT2D eigenvalue weighted by Gasteiger charge is 2.25. The van der Waals surface area contributed by atoms with E-state index in [-0.39, 0.29) is 0 Å². The van der Waals surface area contributed by atoms with Gasteiger partial charge in [0.1, 0.15) is 0 Å². The van der Waals surface area contributed by atoms with Crippen LogP contribution in [-0.2, 0) is 6.54 Å². The van der Waals surface area contributed by atoms with Crippen molar-refractivity contribution in [2.45, 2.75) is 38.6 Å². The molecule has 0 heterocycles. The summed E-state index contributed by atoms with van der Waals surface area (Å²) >= 11 is 6.03. The molecule has 1 saturated carbocycles. The molecule has 15 heavy (non-hydrogen) atoms. The molecule has 1 aliphatic carbocycles. The second-order valence-corrected chi connectivity index (χ2v) is 4.73. The largest absolute Gasteiger partial charge is 0.313 e. The second kappa shape index (κ2) is 5.00. The molecule has 0 unspecified atom stereocenters. The lowest BCUT2D eigenvalue weighted by Crippen LogP contribution is -2.14. The summed E-state index contributed by atoms with van der Waals surface area (Å²) < 4.78 is 0. The van der Waals surface area contributed by atoms with E-state index in [0.717, 1.165) is 24.0 Å². The minimum Gasteiger partial charge on any atom is -0.313 e. The Balaban J connectivity index is 2.07. The summed E-state index contributed by atoms with van der Waals surface area (Å²) in [6.07, 6.45) is 3.86. The third-order valence-electron chi connectivity index (χ3n) is 2.87. The number of halogens is 1. The van der Waals surface area contributed by atoms with Crippen LogP contribution in [0.4, 0.5) is 0 Å². The van der Waals surface area contributed by atoms with Crippen LogP contribution >= 0.6 is 11.6 Å². The molecule has 0 amide bonds. The molecule has 1 nitrogen and oxygen atoms in total. The predicted molar refractivity (Wildman–Crippen MR) is 65.4 cm³/mol. The van der Waals surface area contributed by atoms with Crippen molar-refractivity contribution < 1.29 is 0 Å². The Bertz CT molecular complexity index is 331. The lowest BCUT2D eigenvalue weighted by molar-refractivity contribution is 0.671. The minimum absolute atomic E-state index is 0.780. The zero-order chi connectivity index (χ0) is 10.7. The second-order valence-electron chi connectivity index (χ2n) is 4.29. The number of hydrogen-bond donors (Lipinski definition) is 1. The molecule has 2 rings (SSSR count). The Hall–Kier alpha value is -0.530. The van der Waals surface area contributed by atoms with Crippen LogP contribution in [0.5, 0.6) is 0 Å². The molecule has 0 saturated heterocycles. The van der Waals surface area contributed by atoms with Gasteiger partial charge in [0, 0.05) is 11.6 Å². The quantitative estimate of drug-likeness (QED) is 0.751. The highest BCUT2D eigenvalue weighted by molar-refractivity contribution is 6.30. The monoisotopic (exact) mass is 223 g/mol. The first-order valence-electron chi connectivity index (χ1n) is 5.80. The zero-order valence-electron chi connectivity index (χ0n) is 9.22. The molecule has 0 spiro atoms. The van der Waals surface area contributed by atoms with Crippen molar-refractivity contribution in [3.63, 3.8) is 0 Å². The third kappa shape index (κ3) is 2.96. The minimum atomic E-state index is 0.780. The smallest absolute Gasteiger partial charge is 0.0409 e. The van der Waals surface area contributed by atoms with Crippen LogP contribution < -0.4 is 5.32 Å². The maximum absolute atomic E-state index is 6.03. The first kappa shape index (κ1) is 11.0. The van der Waals surface area contributed by atoms with Gasteiger partial charge in [-0.05, 0) is 55.0 Å². The zero-order valence-corrected chi connectivity index (χ0v) is 9.98. The van der Waals surface area contributed by atoms with Crippen LogP contribution in [0.1, 0.15) is 43.2 Å². The summed E-state index contributed by atoms with van der Waals surface area (Å²) in [4.78, 5) is 0. The fourth-order valence-electron chi connectivity index (χ4n) is 1.90. The molecular weight excluding hydrogens is 206 g/mol. The van der Waals surface area contributed by atoms with Crippen LogP contribution in [-0.4, -0.2) is 6.54 Å². The summed E-state index contributed by atoms with van der Waals surface area (Å²) in [6.45, 7) is 4.26. The van der Waals surface area contributed by atoms with E-state index in [1.165, 1.54) is 30.4 Å². The number of hydrogen-bond acceptors (Lipinski definition) is 1. The van der Waals surface area contributed by atoms with Gasteiger partial charge in [0.25, 0.3) is 0 Å². The summed E-state index contributed by atoms with van der Waals surface area (Å²) in [7, 11) is 0. The van der Waals surface area contributed by atoms with E-state index in [0.29, 0.717) is 0 Å². The van der Waals surface area contributed by atoms with Crippen molar-refractivity contribution in [3.05, 3.63) is 34.3 Å². The maximum atomic E-state index is 6.03. The lowest BCUT2D eigenvalue weighted by Gasteiger charge is -2.10. The average molecular weight is 224 g/mol. The lowest BCUT2D eigenvalue weighted by atomic mass is 10.0. The van der Waals surface area contributed by atoms with E-state index in [2.05, 4.69) is 24.4 Å². The molecular formula is C13H18ClN. The Labute approximate surface area is 96.8 Å². The van der Waals surface area contributed by atoms with Gasteiger partial charge in [0.15, 0.2) is 0 Å². The Morgan fingerprint density at radius 1 is 1.40 bits per heavy atom. The van der Waals surface area contributed by atoms with Gasteiger partial charge in [-0.15, -0.1) is 0 Å². The van der Waals surface area contributed by atoms with Crippen LogP contribution in [0, 0.1) is 0 Å². The van der Waals surface area contributed by atoms with Crippen LogP contribution in [0.15, 0.2) is 18.2 Å². The van der Waals surface area contributed by atoms with Crippen molar-refractivity contribution in [2.24, 2.45) is 0 Å². The number of rotatable bonds is 5. The molecule has 2 heteroatoms.